The van der Waals surface area contributed by atoms with Crippen LogP contribution in [0.5, 0.6) is 0 Å². The topological polar surface area (TPSA) is 28.2 Å². The molecule has 0 amide bonds. The highest BCUT2D eigenvalue weighted by atomic mass is 19.2. The molecule has 3 nitrogen and oxygen atoms in total. The first-order valence-corrected chi connectivity index (χ1v) is 5.98. The number of aromatic nitrogens is 1. The predicted molar refractivity (Wildman–Crippen MR) is 64.9 cm³/mol. The summed E-state index contributed by atoms with van der Waals surface area (Å²) in [5.41, 5.74) is -0.808. The minimum atomic E-state index is -1.65. The zero-order valence-electron chi connectivity index (χ0n) is 11.1. The summed E-state index contributed by atoms with van der Waals surface area (Å²) < 4.78 is 52.1. The van der Waals surface area contributed by atoms with Gasteiger partial charge in [-0.2, -0.15) is 22.5 Å². The molecule has 1 heterocycles. The number of hydrogen-bond donors (Lipinski definition) is 1. The molecule has 0 radical (unpaired) electrons. The smallest absolute Gasteiger partial charge is 0.253 e. The summed E-state index contributed by atoms with van der Waals surface area (Å²) in [4.78, 5) is 4.53. The Morgan fingerprint density at radius 3 is 2.11 bits per heavy atom. The van der Waals surface area contributed by atoms with E-state index in [1.807, 2.05) is 25.8 Å². The largest absolute Gasteiger partial charge is 0.380 e. The lowest BCUT2D eigenvalue weighted by molar-refractivity contribution is 0.273. The van der Waals surface area contributed by atoms with Crippen LogP contribution in [0.4, 0.5) is 23.2 Å². The molecular formula is C12H17F4N3. The average molecular weight is 279 g/mol. The molecular weight excluding hydrogens is 262 g/mol. The summed E-state index contributed by atoms with van der Waals surface area (Å²) in [6.07, 6.45) is 0.582. The molecule has 0 bridgehead atoms. The Labute approximate surface area is 109 Å². The van der Waals surface area contributed by atoms with Crippen LogP contribution in [-0.2, 0) is 0 Å². The Balaban J connectivity index is 2.59. The summed E-state index contributed by atoms with van der Waals surface area (Å²) in [6, 6.07) is 0.351. The molecule has 1 aromatic heterocycles. The van der Waals surface area contributed by atoms with Crippen molar-refractivity contribution in [2.24, 2.45) is 0 Å². The van der Waals surface area contributed by atoms with Crippen molar-refractivity contribution in [2.45, 2.75) is 26.3 Å². The van der Waals surface area contributed by atoms with E-state index in [1.54, 1.807) is 0 Å². The third kappa shape index (κ3) is 4.05. The molecule has 0 aromatic carbocycles. The second kappa shape index (κ2) is 6.70. The Kier molecular flexibility index (Phi) is 5.53. The minimum absolute atomic E-state index is 0.202. The lowest BCUT2D eigenvalue weighted by Crippen LogP contribution is -2.28. The van der Waals surface area contributed by atoms with Gasteiger partial charge >= 0.3 is 0 Å². The Bertz CT molecular complexity index is 411. The molecule has 0 aliphatic heterocycles. The maximum absolute atomic E-state index is 13.2. The number of anilines is 1. The van der Waals surface area contributed by atoms with Crippen LogP contribution in [0, 0.1) is 23.5 Å². The van der Waals surface area contributed by atoms with E-state index in [9.17, 15) is 17.6 Å². The van der Waals surface area contributed by atoms with E-state index >= 15 is 0 Å². The average Bonchev–Trinajstić information content (AvgIpc) is 2.35. The van der Waals surface area contributed by atoms with Gasteiger partial charge in [-0.25, -0.2) is 0 Å². The van der Waals surface area contributed by atoms with E-state index in [1.165, 1.54) is 0 Å². The van der Waals surface area contributed by atoms with E-state index < -0.39 is 29.2 Å². The molecule has 1 aromatic rings. The SMILES string of the molecule is CC(C)N(C)CCCNc1c(F)c(F)nc(F)c1F. The van der Waals surface area contributed by atoms with Gasteiger partial charge in [0.2, 0.25) is 11.6 Å². The summed E-state index contributed by atoms with van der Waals surface area (Å²) in [7, 11) is 1.91. The predicted octanol–water partition coefficient (Wildman–Crippen LogP) is 2.78. The van der Waals surface area contributed by atoms with E-state index in [2.05, 4.69) is 10.3 Å². The quantitative estimate of drug-likeness (QED) is 0.493. The van der Waals surface area contributed by atoms with Gasteiger partial charge in [0, 0.05) is 12.6 Å². The summed E-state index contributed by atoms with van der Waals surface area (Å²) >= 11 is 0. The van der Waals surface area contributed by atoms with Crippen LogP contribution in [0.25, 0.3) is 0 Å². The second-order valence-corrected chi connectivity index (χ2v) is 4.55. The molecule has 7 heteroatoms. The first-order valence-electron chi connectivity index (χ1n) is 5.98. The fraction of sp³-hybridized carbons (Fsp3) is 0.583. The molecule has 0 saturated carbocycles. The van der Waals surface area contributed by atoms with Gasteiger partial charge in [-0.1, -0.05) is 0 Å². The normalized spacial score (nSPS) is 11.4. The van der Waals surface area contributed by atoms with Crippen LogP contribution >= 0.6 is 0 Å². The van der Waals surface area contributed by atoms with Crippen molar-refractivity contribution < 1.29 is 17.6 Å². The third-order valence-corrected chi connectivity index (χ3v) is 2.87. The van der Waals surface area contributed by atoms with Gasteiger partial charge in [0.05, 0.1) is 0 Å². The monoisotopic (exact) mass is 279 g/mol. The van der Waals surface area contributed by atoms with E-state index in [0.29, 0.717) is 19.0 Å². The molecule has 0 unspecified atom stereocenters. The van der Waals surface area contributed by atoms with Crippen LogP contribution in [0.1, 0.15) is 20.3 Å². The van der Waals surface area contributed by atoms with Crippen molar-refractivity contribution in [3.05, 3.63) is 23.5 Å². The van der Waals surface area contributed by atoms with Crippen molar-refractivity contribution >= 4 is 5.69 Å². The second-order valence-electron chi connectivity index (χ2n) is 4.55. The highest BCUT2D eigenvalue weighted by molar-refractivity contribution is 5.45. The van der Waals surface area contributed by atoms with E-state index in [-0.39, 0.29) is 6.54 Å². The molecule has 0 spiro atoms. The Morgan fingerprint density at radius 1 is 1.11 bits per heavy atom. The fourth-order valence-corrected chi connectivity index (χ4v) is 1.44. The van der Waals surface area contributed by atoms with Crippen LogP contribution in [-0.4, -0.2) is 36.1 Å². The lowest BCUT2D eigenvalue weighted by atomic mass is 10.3. The number of rotatable bonds is 6. The molecule has 0 fully saturated rings. The van der Waals surface area contributed by atoms with Crippen molar-refractivity contribution in [3.8, 4) is 0 Å². The molecule has 19 heavy (non-hydrogen) atoms. The molecule has 0 atom stereocenters. The number of hydrogen-bond acceptors (Lipinski definition) is 3. The van der Waals surface area contributed by atoms with Gasteiger partial charge in [-0.05, 0) is 33.9 Å². The van der Waals surface area contributed by atoms with Crippen LogP contribution in [0.2, 0.25) is 0 Å². The summed E-state index contributed by atoms with van der Waals surface area (Å²) in [5, 5.41) is 2.36. The van der Waals surface area contributed by atoms with Crippen molar-refractivity contribution in [1.82, 2.24) is 9.88 Å². The minimum Gasteiger partial charge on any atom is -0.380 e. The van der Waals surface area contributed by atoms with E-state index in [0.717, 1.165) is 0 Å². The van der Waals surface area contributed by atoms with Gasteiger partial charge < -0.3 is 10.2 Å². The summed E-state index contributed by atoms with van der Waals surface area (Å²) in [6.45, 7) is 4.93. The number of nitrogens with one attached hydrogen (secondary N) is 1. The zero-order chi connectivity index (χ0) is 14.6. The fourth-order valence-electron chi connectivity index (χ4n) is 1.44. The van der Waals surface area contributed by atoms with Crippen LogP contribution < -0.4 is 5.32 Å². The molecule has 1 N–H and O–H groups in total. The third-order valence-electron chi connectivity index (χ3n) is 2.87. The standard InChI is InChI=1S/C12H17F4N3/c1-7(2)19(3)6-4-5-17-10-8(13)11(15)18-12(16)9(10)14/h7H,4-6H2,1-3H3,(H,17,18). The van der Waals surface area contributed by atoms with Crippen LogP contribution in [0.15, 0.2) is 0 Å². The maximum atomic E-state index is 13.2. The first-order chi connectivity index (χ1) is 8.84. The number of halogens is 4. The Morgan fingerprint density at radius 2 is 1.63 bits per heavy atom. The molecule has 0 saturated heterocycles. The Hall–Kier alpha value is -1.37. The maximum Gasteiger partial charge on any atom is 0.253 e. The van der Waals surface area contributed by atoms with Crippen molar-refractivity contribution in [1.29, 1.82) is 0 Å². The van der Waals surface area contributed by atoms with Crippen LogP contribution in [0.3, 0.4) is 0 Å². The zero-order valence-corrected chi connectivity index (χ0v) is 11.1. The van der Waals surface area contributed by atoms with Crippen molar-refractivity contribution in [2.75, 3.05) is 25.5 Å². The summed E-state index contributed by atoms with van der Waals surface area (Å²) in [5.74, 6) is -6.31. The van der Waals surface area contributed by atoms with Gasteiger partial charge in [-0.3, -0.25) is 0 Å². The molecule has 108 valence electrons. The van der Waals surface area contributed by atoms with Gasteiger partial charge in [0.15, 0.2) is 0 Å². The van der Waals surface area contributed by atoms with Gasteiger partial charge in [0.25, 0.3) is 11.9 Å². The van der Waals surface area contributed by atoms with Gasteiger partial charge in [0.1, 0.15) is 5.69 Å². The first kappa shape index (κ1) is 15.7. The highest BCUT2D eigenvalue weighted by Gasteiger charge is 2.20. The van der Waals surface area contributed by atoms with Crippen molar-refractivity contribution in [3.63, 3.8) is 0 Å². The van der Waals surface area contributed by atoms with E-state index in [4.69, 9.17) is 0 Å². The number of pyridine rings is 1. The highest BCUT2D eigenvalue weighted by Crippen LogP contribution is 2.21. The molecule has 0 aliphatic rings. The van der Waals surface area contributed by atoms with Gasteiger partial charge in [-0.15, -0.1) is 0 Å². The molecule has 0 aliphatic carbocycles. The molecule has 1 rings (SSSR count). The number of nitrogens with zero attached hydrogens (tertiary/aromatic N) is 2. The lowest BCUT2D eigenvalue weighted by Gasteiger charge is -2.20.